The average molecular weight is 243 g/mol. The number of rotatable bonds is 4. The molecule has 0 spiro atoms. The zero-order valence-corrected chi connectivity index (χ0v) is 9.87. The van der Waals surface area contributed by atoms with Crippen LogP contribution >= 0.6 is 0 Å². The van der Waals surface area contributed by atoms with Gasteiger partial charge in [0.1, 0.15) is 0 Å². The van der Waals surface area contributed by atoms with Gasteiger partial charge in [-0.05, 0) is 19.1 Å². The number of hydrogen-bond acceptors (Lipinski definition) is 4. The van der Waals surface area contributed by atoms with Crippen molar-refractivity contribution in [3.05, 3.63) is 29.8 Å². The van der Waals surface area contributed by atoms with E-state index in [0.29, 0.717) is 0 Å². The van der Waals surface area contributed by atoms with Crippen molar-refractivity contribution in [3.63, 3.8) is 0 Å². The molecule has 0 fully saturated rings. The molecule has 0 aliphatic rings. The highest BCUT2D eigenvalue weighted by Crippen LogP contribution is 2.09. The molecule has 0 heterocycles. The third-order valence-corrected chi connectivity index (χ3v) is 3.25. The van der Waals surface area contributed by atoms with Crippen LogP contribution < -0.4 is 4.72 Å². The van der Waals surface area contributed by atoms with Crippen LogP contribution in [0.25, 0.3) is 0 Å². The predicted molar refractivity (Wildman–Crippen MR) is 58.1 cm³/mol. The Morgan fingerprint density at radius 2 is 1.88 bits per heavy atom. The largest absolute Gasteiger partial charge is 0.449 e. The van der Waals surface area contributed by atoms with E-state index in [2.05, 4.69) is 9.46 Å². The molecular weight excluding hydrogens is 230 g/mol. The molecule has 1 N–H and O–H groups in total. The maximum atomic E-state index is 11.6. The Balaban J connectivity index is 2.71. The first-order valence-electron chi connectivity index (χ1n) is 4.61. The van der Waals surface area contributed by atoms with Gasteiger partial charge in [0, 0.05) is 6.92 Å². The Hall–Kier alpha value is -1.40. The van der Waals surface area contributed by atoms with E-state index in [1.807, 2.05) is 6.92 Å². The lowest BCUT2D eigenvalue weighted by molar-refractivity contribution is -0.141. The van der Waals surface area contributed by atoms with Crippen LogP contribution in [0.2, 0.25) is 0 Å². The molecule has 5 nitrogen and oxygen atoms in total. The molecule has 0 bridgehead atoms. The summed E-state index contributed by atoms with van der Waals surface area (Å²) in [5.74, 6) is -0.536. The molecule has 0 unspecified atom stereocenters. The summed E-state index contributed by atoms with van der Waals surface area (Å²) in [4.78, 5) is 10.6. The summed E-state index contributed by atoms with van der Waals surface area (Å²) in [6, 6.07) is 6.37. The van der Waals surface area contributed by atoms with E-state index in [-0.39, 0.29) is 11.6 Å². The zero-order chi connectivity index (χ0) is 12.2. The third-order valence-electron chi connectivity index (χ3n) is 1.86. The van der Waals surface area contributed by atoms with Crippen LogP contribution in [-0.4, -0.2) is 21.1 Å². The van der Waals surface area contributed by atoms with Gasteiger partial charge in [-0.3, -0.25) is 4.79 Å². The zero-order valence-electron chi connectivity index (χ0n) is 9.06. The summed E-state index contributed by atoms with van der Waals surface area (Å²) in [7, 11) is -3.60. The summed E-state index contributed by atoms with van der Waals surface area (Å²) in [6.45, 7) is 2.72. The highest BCUT2D eigenvalue weighted by Gasteiger charge is 2.13. The molecule has 0 saturated carbocycles. The van der Waals surface area contributed by atoms with Crippen molar-refractivity contribution in [2.45, 2.75) is 18.7 Å². The number of sulfonamides is 1. The highest BCUT2D eigenvalue weighted by atomic mass is 32.2. The quantitative estimate of drug-likeness (QED) is 0.627. The first-order chi connectivity index (χ1) is 7.42. The smallest absolute Gasteiger partial charge is 0.303 e. The van der Waals surface area contributed by atoms with Crippen LogP contribution in [0.5, 0.6) is 0 Å². The van der Waals surface area contributed by atoms with E-state index in [4.69, 9.17) is 0 Å². The summed E-state index contributed by atoms with van der Waals surface area (Å²) in [5, 5.41) is 0. The number of hydrogen-bond donors (Lipinski definition) is 1. The van der Waals surface area contributed by atoms with Gasteiger partial charge in [0.05, 0.1) is 4.90 Å². The lowest BCUT2D eigenvalue weighted by Crippen LogP contribution is -2.27. The number of nitrogens with one attached hydrogen (secondary N) is 1. The van der Waals surface area contributed by atoms with Gasteiger partial charge >= 0.3 is 5.97 Å². The second-order valence-electron chi connectivity index (χ2n) is 3.24. The minimum atomic E-state index is -3.60. The molecule has 0 atom stereocenters. The van der Waals surface area contributed by atoms with Gasteiger partial charge in [-0.15, -0.1) is 0 Å². The van der Waals surface area contributed by atoms with Crippen molar-refractivity contribution in [2.75, 3.05) is 6.73 Å². The summed E-state index contributed by atoms with van der Waals surface area (Å²) < 4.78 is 29.9. The molecule has 6 heteroatoms. The van der Waals surface area contributed by atoms with Gasteiger partial charge in [0.2, 0.25) is 10.0 Å². The number of carbonyl (C=O) groups is 1. The van der Waals surface area contributed by atoms with Gasteiger partial charge in [-0.1, -0.05) is 17.7 Å². The number of carbonyl (C=O) groups excluding carboxylic acids is 1. The van der Waals surface area contributed by atoms with Gasteiger partial charge in [0.15, 0.2) is 6.73 Å². The van der Waals surface area contributed by atoms with E-state index in [9.17, 15) is 13.2 Å². The fraction of sp³-hybridized carbons (Fsp3) is 0.300. The number of ether oxygens (including phenoxy) is 1. The highest BCUT2D eigenvalue weighted by molar-refractivity contribution is 7.89. The van der Waals surface area contributed by atoms with E-state index in [1.54, 1.807) is 12.1 Å². The van der Waals surface area contributed by atoms with E-state index >= 15 is 0 Å². The Morgan fingerprint density at radius 3 is 2.38 bits per heavy atom. The first-order valence-corrected chi connectivity index (χ1v) is 6.10. The Morgan fingerprint density at radius 1 is 1.31 bits per heavy atom. The monoisotopic (exact) mass is 243 g/mol. The van der Waals surface area contributed by atoms with Crippen LogP contribution in [0.15, 0.2) is 29.2 Å². The van der Waals surface area contributed by atoms with E-state index < -0.39 is 16.0 Å². The van der Waals surface area contributed by atoms with Crippen molar-refractivity contribution >= 4 is 16.0 Å². The minimum Gasteiger partial charge on any atom is -0.449 e. The molecule has 0 aliphatic heterocycles. The second-order valence-corrected chi connectivity index (χ2v) is 5.01. The van der Waals surface area contributed by atoms with Gasteiger partial charge in [-0.2, -0.15) is 4.72 Å². The fourth-order valence-corrected chi connectivity index (χ4v) is 1.88. The van der Waals surface area contributed by atoms with Crippen LogP contribution in [0.1, 0.15) is 12.5 Å². The maximum absolute atomic E-state index is 11.6. The molecular formula is C10H13NO4S. The van der Waals surface area contributed by atoms with E-state index in [1.165, 1.54) is 19.1 Å². The molecule has 16 heavy (non-hydrogen) atoms. The topological polar surface area (TPSA) is 72.5 Å². The van der Waals surface area contributed by atoms with E-state index in [0.717, 1.165) is 5.56 Å². The van der Waals surface area contributed by atoms with Crippen LogP contribution in [0, 0.1) is 6.92 Å². The van der Waals surface area contributed by atoms with Crippen LogP contribution in [-0.2, 0) is 19.6 Å². The number of esters is 1. The number of aryl methyl sites for hydroxylation is 1. The molecule has 0 aromatic heterocycles. The SMILES string of the molecule is CC(=O)OCNS(=O)(=O)c1ccc(C)cc1. The molecule has 1 aromatic rings. The predicted octanol–water partition coefficient (Wildman–Crippen LogP) is 0.794. The second kappa shape index (κ2) is 5.09. The average Bonchev–Trinajstić information content (AvgIpc) is 2.17. The molecule has 1 aromatic carbocycles. The molecule has 0 amide bonds. The Labute approximate surface area is 94.5 Å². The summed E-state index contributed by atoms with van der Waals surface area (Å²) in [5.41, 5.74) is 0.971. The molecule has 88 valence electrons. The van der Waals surface area contributed by atoms with Crippen molar-refractivity contribution < 1.29 is 17.9 Å². The fourth-order valence-electron chi connectivity index (χ4n) is 1.01. The maximum Gasteiger partial charge on any atom is 0.303 e. The lowest BCUT2D eigenvalue weighted by atomic mass is 10.2. The summed E-state index contributed by atoms with van der Waals surface area (Å²) in [6.07, 6.45) is 0. The molecule has 1 rings (SSSR count). The Bertz CT molecular complexity index is 464. The number of benzene rings is 1. The van der Waals surface area contributed by atoms with Crippen LogP contribution in [0.3, 0.4) is 0 Å². The van der Waals surface area contributed by atoms with Crippen molar-refractivity contribution in [1.82, 2.24) is 4.72 Å². The van der Waals surface area contributed by atoms with Crippen LogP contribution in [0.4, 0.5) is 0 Å². The third kappa shape index (κ3) is 3.63. The molecule has 0 aliphatic carbocycles. The minimum absolute atomic E-state index is 0.144. The Kier molecular flexibility index (Phi) is 4.03. The van der Waals surface area contributed by atoms with Crippen molar-refractivity contribution in [1.29, 1.82) is 0 Å². The van der Waals surface area contributed by atoms with Crippen molar-refractivity contribution in [2.24, 2.45) is 0 Å². The van der Waals surface area contributed by atoms with Gasteiger partial charge in [0.25, 0.3) is 0 Å². The van der Waals surface area contributed by atoms with Crippen molar-refractivity contribution in [3.8, 4) is 0 Å². The summed E-state index contributed by atoms with van der Waals surface area (Å²) >= 11 is 0. The first kappa shape index (κ1) is 12.7. The van der Waals surface area contributed by atoms with Gasteiger partial charge in [-0.25, -0.2) is 8.42 Å². The molecule has 0 radical (unpaired) electrons. The lowest BCUT2D eigenvalue weighted by Gasteiger charge is -2.06. The standard InChI is InChI=1S/C10H13NO4S/c1-8-3-5-10(6-4-8)16(13,14)11-7-15-9(2)12/h3-6,11H,7H2,1-2H3. The normalized spacial score (nSPS) is 11.1. The molecule has 0 saturated heterocycles. The van der Waals surface area contributed by atoms with Gasteiger partial charge < -0.3 is 4.74 Å².